The van der Waals surface area contributed by atoms with Gasteiger partial charge >= 0.3 is 186 Å². The van der Waals surface area contributed by atoms with Gasteiger partial charge in [0, 0.05) is 41.5 Å². The Morgan fingerprint density at radius 2 is 1.09 bits per heavy atom. The molecule has 0 aromatic heterocycles. The fourth-order valence-electron chi connectivity index (χ4n) is 1.74. The zero-order chi connectivity index (χ0) is 37.1. The molecular formula is C24H38BrCs2FO19. The molecule has 47 heavy (non-hydrogen) atoms. The number of rotatable bonds is 14. The number of aliphatic carboxylic acids is 1. The van der Waals surface area contributed by atoms with Gasteiger partial charge in [0.2, 0.25) is 19.4 Å². The molecule has 0 aliphatic carbocycles. The fraction of sp³-hybridized carbons (Fsp3) is 0.625. The monoisotopic (exact) mass is 995 g/mol. The molecule has 0 saturated carbocycles. The Bertz CT molecular complexity index is 935. The van der Waals surface area contributed by atoms with Crippen LogP contribution in [0.1, 0.15) is 70.0 Å². The summed E-state index contributed by atoms with van der Waals surface area (Å²) in [5.74, 6) is -5.20. The number of hydrogen-bond donors (Lipinski definition) is 1. The third-order valence-corrected chi connectivity index (χ3v) is 3.34. The van der Waals surface area contributed by atoms with Gasteiger partial charge in [0.25, 0.3) is 6.47 Å². The third-order valence-electron chi connectivity index (χ3n) is 3.11. The molecule has 0 aliphatic heterocycles. The summed E-state index contributed by atoms with van der Waals surface area (Å²) in [6, 6.07) is 0. The first kappa shape index (κ1) is 58.9. The Kier molecular flexibility index (Phi) is 57.3. The number of carboxylic acid groups (broad SMARTS) is 1. The number of hydrogen-bond acceptors (Lipinski definition) is 18. The molecule has 0 saturated heterocycles. The van der Waals surface area contributed by atoms with Crippen LogP contribution in [0.5, 0.6) is 0 Å². The molecule has 23 heteroatoms. The van der Waals surface area contributed by atoms with E-state index < -0.39 is 68.3 Å². The summed E-state index contributed by atoms with van der Waals surface area (Å²) in [6.07, 6.45) is -2.99. The number of carboxylic acids is 1. The molecule has 2 atom stereocenters. The second kappa shape index (κ2) is 45.7. The number of halogens is 2. The third kappa shape index (κ3) is 68.5. The first-order chi connectivity index (χ1) is 21.3. The van der Waals surface area contributed by atoms with Crippen LogP contribution in [-0.4, -0.2) is 91.4 Å². The summed E-state index contributed by atoms with van der Waals surface area (Å²) < 4.78 is 47.0. The van der Waals surface area contributed by atoms with Crippen LogP contribution in [0.4, 0.5) is 4.39 Å². The van der Waals surface area contributed by atoms with Gasteiger partial charge < -0.3 is 49.8 Å². The summed E-state index contributed by atoms with van der Waals surface area (Å²) in [7, 11) is -1.00. The van der Waals surface area contributed by atoms with E-state index in [9.17, 15) is 42.7 Å². The molecule has 0 aromatic carbocycles. The van der Waals surface area contributed by atoms with Crippen molar-refractivity contribution in [1.82, 2.24) is 0 Å². The number of carbonyl (C=O) groups is 9. The Hall–Kier alpha value is -0.296. The Morgan fingerprint density at radius 1 is 0.745 bits per heavy atom. The number of ether oxygens (including phenoxy) is 7. The second-order valence-electron chi connectivity index (χ2n) is 6.94. The smallest absolute Gasteiger partial charge is 1.00 e. The minimum Gasteiger partial charge on any atom is -1.00 e. The molecule has 2 unspecified atom stereocenters. The van der Waals surface area contributed by atoms with Crippen molar-refractivity contribution in [2.75, 3.05) is 19.5 Å². The van der Waals surface area contributed by atoms with Crippen molar-refractivity contribution in [2.45, 2.75) is 79.8 Å². The van der Waals surface area contributed by atoms with Crippen molar-refractivity contribution in [2.24, 2.45) is 0 Å². The van der Waals surface area contributed by atoms with Crippen molar-refractivity contribution in [3.05, 3.63) is 0 Å². The average molecular weight is 996 g/mol. The van der Waals surface area contributed by atoms with E-state index in [0.717, 1.165) is 0 Å². The summed E-state index contributed by atoms with van der Waals surface area (Å²) in [4.78, 5) is 95.6. The van der Waals surface area contributed by atoms with Crippen molar-refractivity contribution < 1.29 is 237 Å². The maximum atomic E-state index is 11.2. The molecule has 0 radical (unpaired) electrons. The molecule has 0 bridgehead atoms. The molecule has 264 valence electrons. The molecule has 0 heterocycles. The van der Waals surface area contributed by atoms with Crippen molar-refractivity contribution in [3.63, 3.8) is 0 Å². The largest absolute Gasteiger partial charge is 1.00 e. The predicted octanol–water partition coefficient (Wildman–Crippen LogP) is -5.37. The number of esters is 7. The van der Waals surface area contributed by atoms with Crippen molar-refractivity contribution in [3.8, 4) is 0 Å². The van der Waals surface area contributed by atoms with Gasteiger partial charge in [0.15, 0.2) is 0 Å². The van der Waals surface area contributed by atoms with Gasteiger partial charge in [-0.2, -0.15) is 0 Å². The number of alkyl halides is 2. The average Bonchev–Trinajstić information content (AvgIpc) is 2.91. The van der Waals surface area contributed by atoms with Gasteiger partial charge in [-0.3, -0.25) is 47.5 Å². The predicted molar refractivity (Wildman–Crippen MR) is 144 cm³/mol. The van der Waals surface area contributed by atoms with Gasteiger partial charge in [0.1, 0.15) is 5.52 Å². The molecule has 0 amide bonds. The van der Waals surface area contributed by atoms with E-state index in [0.29, 0.717) is 5.52 Å². The van der Waals surface area contributed by atoms with E-state index >= 15 is 0 Å². The van der Waals surface area contributed by atoms with Gasteiger partial charge in [-0.25, -0.2) is 0 Å². The fourth-order valence-corrected chi connectivity index (χ4v) is 2.07. The molecule has 0 aliphatic rings. The van der Waals surface area contributed by atoms with E-state index in [1.807, 2.05) is 0 Å². The van der Waals surface area contributed by atoms with Crippen LogP contribution >= 0.6 is 15.9 Å². The molecule has 0 fully saturated rings. The Labute approximate surface area is 399 Å². The zero-order valence-corrected chi connectivity index (χ0v) is 41.4. The van der Waals surface area contributed by atoms with Gasteiger partial charge in [-0.15, -0.1) is 0 Å². The van der Waals surface area contributed by atoms with Crippen molar-refractivity contribution >= 4 is 70.2 Å². The minimum atomic E-state index is -1.08. The van der Waals surface area contributed by atoms with Crippen LogP contribution in [0, 0.1) is 0 Å². The zero-order valence-electron chi connectivity index (χ0n) is 29.2. The topological polar surface area (TPSA) is 271 Å². The van der Waals surface area contributed by atoms with Crippen LogP contribution in [0.2, 0.25) is 0 Å². The normalized spacial score (nSPS) is 9.77. The van der Waals surface area contributed by atoms with Crippen LogP contribution in [-0.2, 0) is 81.2 Å². The van der Waals surface area contributed by atoms with E-state index in [1.54, 1.807) is 0 Å². The quantitative estimate of drug-likeness (QED) is 0.0324. The van der Waals surface area contributed by atoms with Crippen molar-refractivity contribution in [1.29, 1.82) is 0 Å². The van der Waals surface area contributed by atoms with E-state index in [1.165, 1.54) is 41.5 Å². The van der Waals surface area contributed by atoms with E-state index in [2.05, 4.69) is 54.0 Å². The van der Waals surface area contributed by atoms with Gasteiger partial charge in [0.05, 0.1) is 34.2 Å². The summed E-state index contributed by atoms with van der Waals surface area (Å²) in [5, 5.41) is 16.7. The molecule has 19 nitrogen and oxygen atoms in total. The van der Waals surface area contributed by atoms with E-state index in [4.69, 9.17) is 16.5 Å². The maximum absolute atomic E-state index is 11.2. The SMILES string of the molecule is CC(=O)OC(C)OC(=O)CCC(=O)O.CC(=O)OCBr.CC(=O)OCOC(=O)CCC(=O)OC(C)OC(C)=O.O=CO[O-].[2H]CF.[Cs+].[Cs+].[H-]. The molecule has 0 spiro atoms. The second-order valence-corrected chi connectivity index (χ2v) is 7.39. The Balaban J connectivity index is -0.0000000819. The van der Waals surface area contributed by atoms with Crippen LogP contribution in [0.15, 0.2) is 0 Å². The van der Waals surface area contributed by atoms with Crippen LogP contribution in [0.25, 0.3) is 0 Å². The Morgan fingerprint density at radius 3 is 1.34 bits per heavy atom. The molecule has 0 rings (SSSR count). The molecule has 0 aromatic rings. The van der Waals surface area contributed by atoms with Gasteiger partial charge in [-0.1, -0.05) is 0 Å². The molecule has 1 N–H and O–H groups in total. The summed E-state index contributed by atoms with van der Waals surface area (Å²) >= 11 is 2.91. The van der Waals surface area contributed by atoms with Gasteiger partial charge in [-0.05, 0) is 15.9 Å². The van der Waals surface area contributed by atoms with E-state index in [-0.39, 0.29) is 177 Å². The first-order valence-corrected chi connectivity index (χ1v) is 13.0. The summed E-state index contributed by atoms with van der Waals surface area (Å²) in [6.45, 7) is 6.96. The minimum absolute atomic E-state index is 0. The van der Waals surface area contributed by atoms with Crippen LogP contribution < -0.4 is 143 Å². The maximum Gasteiger partial charge on any atom is 1.00 e. The summed E-state index contributed by atoms with van der Waals surface area (Å²) in [5.41, 5.74) is 0.294. The standard InChI is InChI=1S/C11H16O8.C8H12O6.C3H5BrO2.CH3F.CH2O3.2Cs.H/c1-7(12)16-6-17-10(14)4-5-11(15)19-9(3)18-8(2)13;1-5(9)13-6(2)14-8(12)4-3-7(10)11;1-3(5)6-2-4;1-2;2-1-4-3;;;/h9H,4-6H2,1-3H3;6H,3-4H2,1-2H3,(H,10,11);2H2,1H3;1H3;1,3H;;;/q;;;;;2*+1;-1/p-1/i;;;1D;;;;. The number of carbonyl (C=O) groups excluding carboxylic acids is 8. The van der Waals surface area contributed by atoms with Crippen LogP contribution in [0.3, 0.4) is 0 Å². The first-order valence-electron chi connectivity index (χ1n) is 12.5. The molecular weight excluding hydrogens is 957 g/mol.